The van der Waals surface area contributed by atoms with Gasteiger partial charge < -0.3 is 4.74 Å². The predicted octanol–water partition coefficient (Wildman–Crippen LogP) is 3.23. The fourth-order valence-electron chi connectivity index (χ4n) is 3.40. The summed E-state index contributed by atoms with van der Waals surface area (Å²) in [6.45, 7) is 3.05. The van der Waals surface area contributed by atoms with Crippen LogP contribution >= 0.6 is 11.6 Å². The number of nitrogens with one attached hydrogen (secondary N) is 1. The van der Waals surface area contributed by atoms with E-state index in [1.165, 1.54) is 12.1 Å². The maximum Gasteiger partial charge on any atom is 0.240 e. The summed E-state index contributed by atoms with van der Waals surface area (Å²) in [6.07, 6.45) is -0.112. The summed E-state index contributed by atoms with van der Waals surface area (Å²) in [5, 5.41) is 9.14. The van der Waals surface area contributed by atoms with E-state index in [0.29, 0.717) is 19.7 Å². The number of hydrogen-bond donors (Lipinski definition) is 1. The van der Waals surface area contributed by atoms with E-state index in [4.69, 9.17) is 21.6 Å². The number of morpholine rings is 1. The van der Waals surface area contributed by atoms with Crippen LogP contribution in [0.15, 0.2) is 41.3 Å². The molecule has 1 heterocycles. The van der Waals surface area contributed by atoms with E-state index in [0.717, 1.165) is 18.2 Å². The number of nitriles is 1. The van der Waals surface area contributed by atoms with Crippen molar-refractivity contribution in [2.75, 3.05) is 26.2 Å². The molecule has 1 N–H and O–H groups in total. The van der Waals surface area contributed by atoms with Crippen molar-refractivity contribution in [2.24, 2.45) is 0 Å². The van der Waals surface area contributed by atoms with Crippen molar-refractivity contribution in [1.29, 1.82) is 5.26 Å². The van der Waals surface area contributed by atoms with Crippen molar-refractivity contribution in [3.8, 4) is 6.07 Å². The van der Waals surface area contributed by atoms with E-state index in [9.17, 15) is 17.2 Å². The summed E-state index contributed by atoms with van der Waals surface area (Å²) < 4.78 is 61.7. The highest BCUT2D eigenvalue weighted by Gasteiger charge is 2.30. The molecule has 1 aliphatic rings. The van der Waals surface area contributed by atoms with E-state index in [-0.39, 0.29) is 33.7 Å². The Morgan fingerprint density at radius 3 is 2.77 bits per heavy atom. The maximum atomic E-state index is 14.6. The van der Waals surface area contributed by atoms with Crippen LogP contribution in [0.5, 0.6) is 0 Å². The van der Waals surface area contributed by atoms with Crippen molar-refractivity contribution in [2.45, 2.75) is 24.0 Å². The van der Waals surface area contributed by atoms with Crippen LogP contribution in [0.4, 0.5) is 8.78 Å². The zero-order chi connectivity index (χ0) is 21.9. The second-order valence-electron chi connectivity index (χ2n) is 6.93. The molecule has 10 heteroatoms. The highest BCUT2D eigenvalue weighted by Crippen LogP contribution is 2.31. The third-order valence-corrected chi connectivity index (χ3v) is 6.63. The van der Waals surface area contributed by atoms with Gasteiger partial charge in [-0.2, -0.15) is 5.26 Å². The Morgan fingerprint density at radius 2 is 2.10 bits per heavy atom. The quantitative estimate of drug-likeness (QED) is 0.723. The lowest BCUT2D eigenvalue weighted by Gasteiger charge is -2.38. The molecule has 1 fully saturated rings. The number of rotatable bonds is 6. The third kappa shape index (κ3) is 4.96. The molecule has 0 amide bonds. The third-order valence-electron chi connectivity index (χ3n) is 4.88. The largest absolute Gasteiger partial charge is 0.376 e. The van der Waals surface area contributed by atoms with Crippen LogP contribution in [0, 0.1) is 23.0 Å². The molecular weight excluding hydrogens is 436 g/mol. The summed E-state index contributed by atoms with van der Waals surface area (Å²) in [5.41, 5.74) is -0.193. The van der Waals surface area contributed by atoms with E-state index in [2.05, 4.69) is 4.72 Å². The van der Waals surface area contributed by atoms with Crippen LogP contribution in [0.25, 0.3) is 0 Å². The Bertz CT molecular complexity index is 1060. The molecule has 3 rings (SSSR count). The van der Waals surface area contributed by atoms with Crippen LogP contribution < -0.4 is 4.72 Å². The Kier molecular flexibility index (Phi) is 7.06. The molecule has 2 atom stereocenters. The summed E-state index contributed by atoms with van der Waals surface area (Å²) in [6, 6.07) is 8.17. The van der Waals surface area contributed by atoms with Gasteiger partial charge >= 0.3 is 0 Å². The van der Waals surface area contributed by atoms with Crippen molar-refractivity contribution in [3.05, 3.63) is 64.2 Å². The highest BCUT2D eigenvalue weighted by molar-refractivity contribution is 7.89. The van der Waals surface area contributed by atoms with E-state index < -0.39 is 27.7 Å². The molecule has 0 saturated carbocycles. The molecule has 0 aromatic heterocycles. The SMILES string of the molecule is CC1CN(C(CNS(=O)(=O)c2ccc(F)c(C#N)c2)c2c(F)cccc2Cl)CCO1. The molecule has 0 radical (unpaired) electrons. The van der Waals surface area contributed by atoms with Crippen LogP contribution in [0.3, 0.4) is 0 Å². The first-order chi connectivity index (χ1) is 14.2. The van der Waals surface area contributed by atoms with Gasteiger partial charge in [0.05, 0.1) is 29.2 Å². The number of sulfonamides is 1. The molecule has 2 aromatic carbocycles. The second-order valence-corrected chi connectivity index (χ2v) is 9.11. The molecule has 6 nitrogen and oxygen atoms in total. The minimum absolute atomic E-state index is 0.112. The minimum atomic E-state index is -4.08. The Morgan fingerprint density at radius 1 is 1.33 bits per heavy atom. The Hall–Kier alpha value is -2.09. The zero-order valence-corrected chi connectivity index (χ0v) is 17.7. The fraction of sp³-hybridized carbons (Fsp3) is 0.350. The molecule has 2 aromatic rings. The molecule has 0 bridgehead atoms. The van der Waals surface area contributed by atoms with Gasteiger partial charge in [-0.3, -0.25) is 4.90 Å². The lowest BCUT2D eigenvalue weighted by Crippen LogP contribution is -2.46. The molecule has 1 saturated heterocycles. The van der Waals surface area contributed by atoms with Gasteiger partial charge in [-0.1, -0.05) is 17.7 Å². The number of ether oxygens (including phenoxy) is 1. The zero-order valence-electron chi connectivity index (χ0n) is 16.1. The van der Waals surface area contributed by atoms with Crippen LogP contribution in [0.1, 0.15) is 24.1 Å². The molecule has 2 unspecified atom stereocenters. The van der Waals surface area contributed by atoms with Gasteiger partial charge in [0.2, 0.25) is 10.0 Å². The molecule has 1 aliphatic heterocycles. The highest BCUT2D eigenvalue weighted by atomic mass is 35.5. The van der Waals surface area contributed by atoms with Crippen LogP contribution in [0.2, 0.25) is 5.02 Å². The Balaban J connectivity index is 1.91. The topological polar surface area (TPSA) is 82.4 Å². The van der Waals surface area contributed by atoms with Gasteiger partial charge in [0, 0.05) is 30.2 Å². The van der Waals surface area contributed by atoms with Crippen molar-refractivity contribution in [1.82, 2.24) is 9.62 Å². The first-order valence-corrected chi connectivity index (χ1v) is 11.1. The monoisotopic (exact) mass is 455 g/mol. The first-order valence-electron chi connectivity index (χ1n) is 9.22. The molecule has 30 heavy (non-hydrogen) atoms. The number of benzene rings is 2. The minimum Gasteiger partial charge on any atom is -0.376 e. The van der Waals surface area contributed by atoms with E-state index in [1.807, 2.05) is 11.8 Å². The average Bonchev–Trinajstić information content (AvgIpc) is 2.70. The van der Waals surface area contributed by atoms with Crippen LogP contribution in [-0.4, -0.2) is 45.7 Å². The van der Waals surface area contributed by atoms with Gasteiger partial charge in [-0.05, 0) is 37.3 Å². The number of hydrogen-bond acceptors (Lipinski definition) is 5. The average molecular weight is 456 g/mol. The summed E-state index contributed by atoms with van der Waals surface area (Å²) >= 11 is 6.25. The summed E-state index contributed by atoms with van der Waals surface area (Å²) in [5.74, 6) is -1.35. The first kappa shape index (κ1) is 22.6. The van der Waals surface area contributed by atoms with Crippen molar-refractivity contribution < 1.29 is 21.9 Å². The van der Waals surface area contributed by atoms with Gasteiger partial charge in [0.15, 0.2) is 0 Å². The lowest BCUT2D eigenvalue weighted by atomic mass is 10.0. The second kappa shape index (κ2) is 9.37. The standard InChI is InChI=1S/C20H20ClF2N3O3S/c1-13-12-26(7-8-29-13)19(20-16(21)3-2-4-18(20)23)11-25-30(27,28)15-5-6-17(22)14(9-15)10-24/h2-6,9,13,19,25H,7-8,11-12H2,1H3. The van der Waals surface area contributed by atoms with Crippen molar-refractivity contribution >= 4 is 21.6 Å². The molecule has 0 spiro atoms. The summed E-state index contributed by atoms with van der Waals surface area (Å²) in [4.78, 5) is 1.65. The number of nitrogens with zero attached hydrogens (tertiary/aromatic N) is 2. The molecule has 0 aliphatic carbocycles. The van der Waals surface area contributed by atoms with E-state index in [1.54, 1.807) is 12.1 Å². The molecule has 160 valence electrons. The van der Waals surface area contributed by atoms with Gasteiger partial charge in [-0.25, -0.2) is 21.9 Å². The fourth-order valence-corrected chi connectivity index (χ4v) is 4.75. The van der Waals surface area contributed by atoms with Crippen LogP contribution in [-0.2, 0) is 14.8 Å². The van der Waals surface area contributed by atoms with E-state index >= 15 is 0 Å². The van der Waals surface area contributed by atoms with Crippen molar-refractivity contribution in [3.63, 3.8) is 0 Å². The lowest BCUT2D eigenvalue weighted by molar-refractivity contribution is -0.0342. The van der Waals surface area contributed by atoms with Gasteiger partial charge in [0.1, 0.15) is 17.7 Å². The van der Waals surface area contributed by atoms with Gasteiger partial charge in [0.25, 0.3) is 0 Å². The Labute approximate surface area is 179 Å². The predicted molar refractivity (Wildman–Crippen MR) is 107 cm³/mol. The molecular formula is C20H20ClF2N3O3S. The van der Waals surface area contributed by atoms with Gasteiger partial charge in [-0.15, -0.1) is 0 Å². The number of halogens is 3. The normalized spacial score (nSPS) is 18.7. The maximum absolute atomic E-state index is 14.6. The smallest absolute Gasteiger partial charge is 0.240 e. The summed E-state index contributed by atoms with van der Waals surface area (Å²) in [7, 11) is -4.08.